The summed E-state index contributed by atoms with van der Waals surface area (Å²) in [4.78, 5) is 36.7. The molecule has 1 aromatic carbocycles. The SMILES string of the molecule is Cc1cc(NC(=O)[C@H](OC(=O)CCCn2c(C)csc2=O)c2ccccc2)no1. The van der Waals surface area contributed by atoms with Crippen molar-refractivity contribution in [3.8, 4) is 0 Å². The van der Waals surface area contributed by atoms with Crippen LogP contribution >= 0.6 is 11.3 Å². The zero-order chi connectivity index (χ0) is 20.8. The Morgan fingerprint density at radius 2 is 2.03 bits per heavy atom. The van der Waals surface area contributed by atoms with E-state index in [2.05, 4.69) is 10.5 Å². The highest BCUT2D eigenvalue weighted by molar-refractivity contribution is 7.07. The highest BCUT2D eigenvalue weighted by Crippen LogP contribution is 2.21. The molecule has 0 unspecified atom stereocenters. The van der Waals surface area contributed by atoms with Gasteiger partial charge in [-0.3, -0.25) is 14.4 Å². The molecule has 1 amide bonds. The number of thiazole rings is 1. The number of hydrogen-bond acceptors (Lipinski definition) is 7. The van der Waals surface area contributed by atoms with Crippen molar-refractivity contribution in [3.63, 3.8) is 0 Å². The largest absolute Gasteiger partial charge is 0.447 e. The fourth-order valence-electron chi connectivity index (χ4n) is 2.76. The van der Waals surface area contributed by atoms with E-state index in [0.717, 1.165) is 17.0 Å². The van der Waals surface area contributed by atoms with Gasteiger partial charge in [-0.1, -0.05) is 46.8 Å². The molecule has 9 heteroatoms. The molecule has 2 aromatic heterocycles. The Kier molecular flexibility index (Phi) is 6.61. The van der Waals surface area contributed by atoms with Gasteiger partial charge in [0.25, 0.3) is 5.91 Å². The Hall–Kier alpha value is -3.20. The summed E-state index contributed by atoms with van der Waals surface area (Å²) < 4.78 is 12.0. The van der Waals surface area contributed by atoms with Crippen molar-refractivity contribution < 1.29 is 18.8 Å². The molecule has 0 aliphatic carbocycles. The van der Waals surface area contributed by atoms with Crippen LogP contribution in [0.2, 0.25) is 0 Å². The van der Waals surface area contributed by atoms with Gasteiger partial charge in [0.15, 0.2) is 5.82 Å². The van der Waals surface area contributed by atoms with Crippen molar-refractivity contribution in [3.05, 3.63) is 68.5 Å². The number of aromatic nitrogens is 2. The van der Waals surface area contributed by atoms with E-state index in [1.165, 1.54) is 0 Å². The van der Waals surface area contributed by atoms with Gasteiger partial charge in [-0.25, -0.2) is 0 Å². The Bertz CT molecular complexity index is 1040. The third-order valence-electron chi connectivity index (χ3n) is 4.21. The summed E-state index contributed by atoms with van der Waals surface area (Å²) in [5.74, 6) is -0.252. The summed E-state index contributed by atoms with van der Waals surface area (Å²) in [6.45, 7) is 3.97. The first-order valence-corrected chi connectivity index (χ1v) is 9.95. The quantitative estimate of drug-likeness (QED) is 0.567. The number of nitrogens with one attached hydrogen (secondary N) is 1. The summed E-state index contributed by atoms with van der Waals surface area (Å²) >= 11 is 1.13. The summed E-state index contributed by atoms with van der Waals surface area (Å²) in [7, 11) is 0. The van der Waals surface area contributed by atoms with Gasteiger partial charge >= 0.3 is 10.8 Å². The smallest absolute Gasteiger partial charge is 0.307 e. The molecule has 3 aromatic rings. The van der Waals surface area contributed by atoms with E-state index in [1.807, 2.05) is 13.0 Å². The molecule has 3 rings (SSSR count). The maximum atomic E-state index is 12.7. The van der Waals surface area contributed by atoms with Crippen LogP contribution in [-0.2, 0) is 20.9 Å². The van der Waals surface area contributed by atoms with Crippen molar-refractivity contribution in [2.45, 2.75) is 39.3 Å². The number of rotatable bonds is 8. The van der Waals surface area contributed by atoms with Crippen LogP contribution in [0.3, 0.4) is 0 Å². The van der Waals surface area contributed by atoms with Crippen molar-refractivity contribution in [2.24, 2.45) is 0 Å². The zero-order valence-electron chi connectivity index (χ0n) is 16.1. The third kappa shape index (κ3) is 5.41. The highest BCUT2D eigenvalue weighted by Gasteiger charge is 2.25. The Morgan fingerprint density at radius 3 is 2.66 bits per heavy atom. The fourth-order valence-corrected chi connectivity index (χ4v) is 3.53. The van der Waals surface area contributed by atoms with Gasteiger partial charge in [0.2, 0.25) is 6.10 Å². The van der Waals surface area contributed by atoms with Crippen molar-refractivity contribution in [1.29, 1.82) is 0 Å². The molecule has 0 aliphatic rings. The van der Waals surface area contributed by atoms with Crippen LogP contribution < -0.4 is 10.2 Å². The lowest BCUT2D eigenvalue weighted by atomic mass is 10.1. The first-order chi connectivity index (χ1) is 13.9. The molecule has 8 nitrogen and oxygen atoms in total. The number of aryl methyl sites for hydroxylation is 2. The van der Waals surface area contributed by atoms with Crippen molar-refractivity contribution >= 4 is 29.0 Å². The molecule has 0 radical (unpaired) electrons. The fraction of sp³-hybridized carbons (Fsp3) is 0.300. The van der Waals surface area contributed by atoms with E-state index in [1.54, 1.807) is 47.2 Å². The second-order valence-corrected chi connectivity index (χ2v) is 7.31. The number of ether oxygens (including phenoxy) is 1. The molecule has 1 N–H and O–H groups in total. The maximum absolute atomic E-state index is 12.7. The van der Waals surface area contributed by atoms with Crippen molar-refractivity contribution in [2.75, 3.05) is 5.32 Å². The number of carbonyl (C=O) groups is 2. The highest BCUT2D eigenvalue weighted by atomic mass is 32.1. The predicted molar refractivity (Wildman–Crippen MR) is 108 cm³/mol. The minimum absolute atomic E-state index is 0.0553. The molecule has 2 heterocycles. The molecular formula is C20H21N3O5S. The van der Waals surface area contributed by atoms with Gasteiger partial charge in [-0.05, 0) is 20.3 Å². The maximum Gasteiger partial charge on any atom is 0.307 e. The Labute approximate surface area is 171 Å². The second-order valence-electron chi connectivity index (χ2n) is 6.49. The molecule has 1 atom stereocenters. The lowest BCUT2D eigenvalue weighted by molar-refractivity contribution is -0.154. The minimum Gasteiger partial charge on any atom is -0.447 e. The van der Waals surface area contributed by atoms with E-state index < -0.39 is 18.0 Å². The number of anilines is 1. The minimum atomic E-state index is -1.12. The van der Waals surface area contributed by atoms with Gasteiger partial charge in [0, 0.05) is 35.7 Å². The summed E-state index contributed by atoms with van der Waals surface area (Å²) in [5.41, 5.74) is 1.40. The summed E-state index contributed by atoms with van der Waals surface area (Å²) in [5, 5.41) is 8.10. The average molecular weight is 415 g/mol. The number of amides is 1. The van der Waals surface area contributed by atoms with Gasteiger partial charge in [-0.15, -0.1) is 0 Å². The van der Waals surface area contributed by atoms with Crippen LogP contribution in [0, 0.1) is 13.8 Å². The van der Waals surface area contributed by atoms with E-state index in [4.69, 9.17) is 9.26 Å². The van der Waals surface area contributed by atoms with Crippen LogP contribution in [0.15, 0.2) is 51.1 Å². The van der Waals surface area contributed by atoms with Gasteiger partial charge in [0.1, 0.15) is 5.76 Å². The molecule has 0 saturated heterocycles. The summed E-state index contributed by atoms with van der Waals surface area (Å²) in [6.07, 6.45) is -0.602. The first kappa shape index (κ1) is 20.5. The number of carbonyl (C=O) groups excluding carboxylic acids is 2. The van der Waals surface area contributed by atoms with Crippen molar-refractivity contribution in [1.82, 2.24) is 9.72 Å². The van der Waals surface area contributed by atoms with Crippen LogP contribution in [0.4, 0.5) is 5.82 Å². The molecule has 0 saturated carbocycles. The number of hydrogen-bond donors (Lipinski definition) is 1. The standard InChI is InChI=1S/C20H21N3O5S/c1-13-12-29-20(26)23(13)10-6-9-17(24)27-18(15-7-4-3-5-8-15)19(25)21-16-11-14(2)28-22-16/h3-5,7-8,11-12,18H,6,9-10H2,1-2H3,(H,21,22,25)/t18-/m1/s1. The normalized spacial score (nSPS) is 11.8. The molecule has 0 aliphatic heterocycles. The zero-order valence-corrected chi connectivity index (χ0v) is 16.9. The predicted octanol–water partition coefficient (Wildman–Crippen LogP) is 3.22. The van der Waals surface area contributed by atoms with Gasteiger partial charge in [0.05, 0.1) is 0 Å². The molecule has 152 valence electrons. The van der Waals surface area contributed by atoms with Crippen LogP contribution in [0.5, 0.6) is 0 Å². The Balaban J connectivity index is 1.64. The lowest BCUT2D eigenvalue weighted by Gasteiger charge is -2.17. The molecular weight excluding hydrogens is 394 g/mol. The third-order valence-corrected chi connectivity index (χ3v) is 5.09. The molecule has 0 fully saturated rings. The number of benzene rings is 1. The molecule has 29 heavy (non-hydrogen) atoms. The summed E-state index contributed by atoms with van der Waals surface area (Å²) in [6, 6.07) is 10.3. The first-order valence-electron chi connectivity index (χ1n) is 9.07. The Morgan fingerprint density at radius 1 is 1.28 bits per heavy atom. The van der Waals surface area contributed by atoms with E-state index in [0.29, 0.717) is 24.3 Å². The van der Waals surface area contributed by atoms with Gasteiger partial charge < -0.3 is 19.1 Å². The molecule has 0 bridgehead atoms. The lowest BCUT2D eigenvalue weighted by Crippen LogP contribution is -2.26. The average Bonchev–Trinajstić information content (AvgIpc) is 3.26. The number of esters is 1. The van der Waals surface area contributed by atoms with Crippen LogP contribution in [-0.4, -0.2) is 21.6 Å². The van der Waals surface area contributed by atoms with E-state index in [-0.39, 0.29) is 17.1 Å². The van der Waals surface area contributed by atoms with Crippen LogP contribution in [0.25, 0.3) is 0 Å². The molecule has 0 spiro atoms. The van der Waals surface area contributed by atoms with Crippen LogP contribution in [0.1, 0.15) is 36.0 Å². The van der Waals surface area contributed by atoms with Gasteiger partial charge in [-0.2, -0.15) is 0 Å². The van der Waals surface area contributed by atoms with E-state index >= 15 is 0 Å². The number of nitrogens with zero attached hydrogens (tertiary/aromatic N) is 2. The second kappa shape index (κ2) is 9.33. The van der Waals surface area contributed by atoms with E-state index in [9.17, 15) is 14.4 Å². The monoisotopic (exact) mass is 415 g/mol. The topological polar surface area (TPSA) is 103 Å².